The van der Waals surface area contributed by atoms with Crippen LogP contribution in [0.2, 0.25) is 0 Å². The molecule has 27 heavy (non-hydrogen) atoms. The molecule has 0 fully saturated rings. The van der Waals surface area contributed by atoms with Crippen molar-refractivity contribution >= 4 is 27.5 Å². The third-order valence-corrected chi connectivity index (χ3v) is 5.49. The molecule has 4 aromatic rings. The highest BCUT2D eigenvalue weighted by Crippen LogP contribution is 2.23. The molecule has 2 heterocycles. The molecule has 6 heteroatoms. The van der Waals surface area contributed by atoms with E-state index in [4.69, 9.17) is 0 Å². The van der Waals surface area contributed by atoms with Gasteiger partial charge in [0.2, 0.25) is 5.91 Å². The van der Waals surface area contributed by atoms with E-state index in [0.717, 1.165) is 26.6 Å². The van der Waals surface area contributed by atoms with Gasteiger partial charge in [-0.3, -0.25) is 4.79 Å². The standard InChI is InChI=1S/C21H20N4OS/c26-20(10-11-21-25-16-8-4-5-9-18(16)27-21)24-17(14-19-22-12-13-23-19)15-6-2-1-3-7-15/h1-9,12-13,17H,10-11,14H2,(H,22,23)(H,24,26). The highest BCUT2D eigenvalue weighted by atomic mass is 32.1. The number of aromatic amines is 1. The fourth-order valence-corrected chi connectivity index (χ4v) is 4.02. The van der Waals surface area contributed by atoms with Gasteiger partial charge in [-0.15, -0.1) is 11.3 Å². The molecule has 1 atom stereocenters. The predicted molar refractivity (Wildman–Crippen MR) is 108 cm³/mol. The predicted octanol–water partition coefficient (Wildman–Crippen LogP) is 4.05. The van der Waals surface area contributed by atoms with Gasteiger partial charge in [-0.25, -0.2) is 9.97 Å². The Hall–Kier alpha value is -2.99. The van der Waals surface area contributed by atoms with Gasteiger partial charge in [0, 0.05) is 31.7 Å². The number of rotatable bonds is 7. The Morgan fingerprint density at radius 3 is 2.70 bits per heavy atom. The van der Waals surface area contributed by atoms with Crippen LogP contribution in [0.4, 0.5) is 0 Å². The van der Waals surface area contributed by atoms with Crippen molar-refractivity contribution in [2.45, 2.75) is 25.3 Å². The van der Waals surface area contributed by atoms with Crippen molar-refractivity contribution in [3.05, 3.63) is 83.4 Å². The van der Waals surface area contributed by atoms with Crippen molar-refractivity contribution in [2.24, 2.45) is 0 Å². The van der Waals surface area contributed by atoms with Crippen LogP contribution in [-0.2, 0) is 17.6 Å². The van der Waals surface area contributed by atoms with Crippen molar-refractivity contribution in [3.8, 4) is 0 Å². The zero-order valence-corrected chi connectivity index (χ0v) is 15.6. The summed E-state index contributed by atoms with van der Waals surface area (Å²) in [6, 6.07) is 17.9. The van der Waals surface area contributed by atoms with Crippen molar-refractivity contribution in [2.75, 3.05) is 0 Å². The zero-order valence-electron chi connectivity index (χ0n) is 14.8. The lowest BCUT2D eigenvalue weighted by Gasteiger charge is -2.18. The Kier molecular flexibility index (Phi) is 5.25. The molecule has 0 saturated heterocycles. The van der Waals surface area contributed by atoms with Crippen LogP contribution in [-0.4, -0.2) is 20.9 Å². The van der Waals surface area contributed by atoms with Crippen molar-refractivity contribution in [1.82, 2.24) is 20.3 Å². The van der Waals surface area contributed by atoms with E-state index in [1.54, 1.807) is 23.7 Å². The maximum atomic E-state index is 12.6. The number of carbonyl (C=O) groups excluding carboxylic acids is 1. The number of aryl methyl sites for hydroxylation is 1. The van der Waals surface area contributed by atoms with Crippen LogP contribution in [0.5, 0.6) is 0 Å². The first kappa shape index (κ1) is 17.4. The van der Waals surface area contributed by atoms with Crippen LogP contribution in [0, 0.1) is 0 Å². The summed E-state index contributed by atoms with van der Waals surface area (Å²) >= 11 is 1.65. The van der Waals surface area contributed by atoms with Crippen molar-refractivity contribution < 1.29 is 4.79 Å². The smallest absolute Gasteiger partial charge is 0.220 e. The lowest BCUT2D eigenvalue weighted by atomic mass is 10.0. The number of fused-ring (bicyclic) bond motifs is 1. The third kappa shape index (κ3) is 4.41. The maximum absolute atomic E-state index is 12.6. The molecule has 0 radical (unpaired) electrons. The Morgan fingerprint density at radius 1 is 1.11 bits per heavy atom. The number of amides is 1. The van der Waals surface area contributed by atoms with Crippen LogP contribution < -0.4 is 5.32 Å². The average molecular weight is 376 g/mol. The molecule has 0 spiro atoms. The number of benzene rings is 2. The van der Waals surface area contributed by atoms with Crippen LogP contribution in [0.15, 0.2) is 67.0 Å². The second kappa shape index (κ2) is 8.14. The normalized spacial score (nSPS) is 12.1. The molecular weight excluding hydrogens is 356 g/mol. The quantitative estimate of drug-likeness (QED) is 0.511. The summed E-state index contributed by atoms with van der Waals surface area (Å²) < 4.78 is 1.16. The minimum absolute atomic E-state index is 0.0228. The molecule has 2 N–H and O–H groups in total. The number of hydrogen-bond acceptors (Lipinski definition) is 4. The highest BCUT2D eigenvalue weighted by molar-refractivity contribution is 7.18. The molecule has 4 rings (SSSR count). The first-order valence-electron chi connectivity index (χ1n) is 8.95. The van der Waals surface area contributed by atoms with E-state index in [1.165, 1.54) is 0 Å². The van der Waals surface area contributed by atoms with Gasteiger partial charge in [0.1, 0.15) is 5.82 Å². The van der Waals surface area contributed by atoms with Gasteiger partial charge in [0.05, 0.1) is 21.3 Å². The van der Waals surface area contributed by atoms with Gasteiger partial charge < -0.3 is 10.3 Å². The Labute approximate surface area is 161 Å². The summed E-state index contributed by atoms with van der Waals surface area (Å²) in [5.74, 6) is 0.880. The van der Waals surface area contributed by atoms with E-state index in [9.17, 15) is 4.79 Å². The van der Waals surface area contributed by atoms with Crippen LogP contribution >= 0.6 is 11.3 Å². The summed E-state index contributed by atoms with van der Waals surface area (Å²) in [4.78, 5) is 24.6. The second-order valence-electron chi connectivity index (χ2n) is 6.35. The van der Waals surface area contributed by atoms with Crippen LogP contribution in [0.25, 0.3) is 10.2 Å². The molecule has 0 bridgehead atoms. The zero-order chi connectivity index (χ0) is 18.5. The lowest BCUT2D eigenvalue weighted by molar-refractivity contribution is -0.121. The van der Waals surface area contributed by atoms with E-state index in [2.05, 4.69) is 26.3 Å². The number of nitrogens with one attached hydrogen (secondary N) is 2. The van der Waals surface area contributed by atoms with Crippen LogP contribution in [0.1, 0.15) is 28.9 Å². The van der Waals surface area contributed by atoms with E-state index >= 15 is 0 Å². The SMILES string of the molecule is O=C(CCc1nc2ccccc2s1)NC(Cc1ncc[nH]1)c1ccccc1. The van der Waals surface area contributed by atoms with E-state index < -0.39 is 0 Å². The number of H-pyrrole nitrogens is 1. The molecule has 0 aliphatic carbocycles. The van der Waals surface area contributed by atoms with Gasteiger partial charge in [-0.05, 0) is 17.7 Å². The first-order chi connectivity index (χ1) is 13.3. The summed E-state index contributed by atoms with van der Waals surface area (Å²) in [6.07, 6.45) is 5.22. The monoisotopic (exact) mass is 376 g/mol. The largest absolute Gasteiger partial charge is 0.349 e. The summed E-state index contributed by atoms with van der Waals surface area (Å²) in [7, 11) is 0. The fourth-order valence-electron chi connectivity index (χ4n) is 3.05. The van der Waals surface area contributed by atoms with E-state index in [-0.39, 0.29) is 11.9 Å². The Bertz CT molecular complexity index is 978. The highest BCUT2D eigenvalue weighted by Gasteiger charge is 2.17. The Morgan fingerprint density at radius 2 is 1.93 bits per heavy atom. The molecule has 0 saturated carbocycles. The number of thiazole rings is 1. The van der Waals surface area contributed by atoms with Gasteiger partial charge in [0.25, 0.3) is 0 Å². The van der Waals surface area contributed by atoms with Gasteiger partial charge >= 0.3 is 0 Å². The minimum atomic E-state index is -0.111. The topological polar surface area (TPSA) is 70.7 Å². The molecule has 5 nitrogen and oxygen atoms in total. The maximum Gasteiger partial charge on any atom is 0.220 e. The number of carbonyl (C=O) groups is 1. The number of aromatic nitrogens is 3. The van der Waals surface area contributed by atoms with Gasteiger partial charge in [-0.2, -0.15) is 0 Å². The molecule has 2 aromatic carbocycles. The van der Waals surface area contributed by atoms with E-state index in [1.807, 2.05) is 48.5 Å². The molecule has 2 aromatic heterocycles. The van der Waals surface area contributed by atoms with Crippen molar-refractivity contribution in [1.29, 1.82) is 0 Å². The third-order valence-electron chi connectivity index (χ3n) is 4.39. The number of para-hydroxylation sites is 1. The first-order valence-corrected chi connectivity index (χ1v) is 9.76. The summed E-state index contributed by atoms with van der Waals surface area (Å²) in [6.45, 7) is 0. The Balaban J connectivity index is 1.41. The molecule has 0 aliphatic rings. The van der Waals surface area contributed by atoms with Crippen molar-refractivity contribution in [3.63, 3.8) is 0 Å². The number of hydrogen-bond donors (Lipinski definition) is 2. The second-order valence-corrected chi connectivity index (χ2v) is 7.46. The number of imidazole rings is 1. The molecule has 136 valence electrons. The number of nitrogens with zero attached hydrogens (tertiary/aromatic N) is 2. The van der Waals surface area contributed by atoms with Crippen LogP contribution in [0.3, 0.4) is 0 Å². The lowest BCUT2D eigenvalue weighted by Crippen LogP contribution is -2.30. The van der Waals surface area contributed by atoms with Gasteiger partial charge in [-0.1, -0.05) is 42.5 Å². The fraction of sp³-hybridized carbons (Fsp3) is 0.190. The van der Waals surface area contributed by atoms with E-state index in [0.29, 0.717) is 19.3 Å². The molecular formula is C21H20N4OS. The molecule has 1 amide bonds. The average Bonchev–Trinajstić information content (AvgIpc) is 3.36. The molecule has 0 aliphatic heterocycles. The summed E-state index contributed by atoms with van der Waals surface area (Å²) in [5, 5.41) is 4.15. The van der Waals surface area contributed by atoms with Gasteiger partial charge in [0.15, 0.2) is 0 Å². The molecule has 1 unspecified atom stereocenters. The summed E-state index contributed by atoms with van der Waals surface area (Å²) in [5.41, 5.74) is 2.07. The minimum Gasteiger partial charge on any atom is -0.349 e.